The number of nitrogens with two attached hydrogens (primary N) is 1. The zero-order valence-corrected chi connectivity index (χ0v) is 28.1. The van der Waals surface area contributed by atoms with Crippen molar-refractivity contribution in [3.05, 3.63) is 119 Å². The number of imidazole rings is 1. The van der Waals surface area contributed by atoms with Crippen molar-refractivity contribution in [1.29, 1.82) is 0 Å². The monoisotopic (exact) mass is 659 g/mol. The van der Waals surface area contributed by atoms with Crippen LogP contribution >= 0.6 is 0 Å². The van der Waals surface area contributed by atoms with Gasteiger partial charge in [-0.15, -0.1) is 0 Å². The van der Waals surface area contributed by atoms with Gasteiger partial charge in [0.25, 0.3) is 5.91 Å². The molecular formula is C38H41N7O4. The number of phenolic OH excluding ortho intramolecular Hbond substituents is 1. The van der Waals surface area contributed by atoms with Crippen LogP contribution in [0.5, 0.6) is 5.75 Å². The predicted molar refractivity (Wildman–Crippen MR) is 188 cm³/mol. The number of primary amides is 1. The van der Waals surface area contributed by atoms with Crippen LogP contribution < -0.4 is 16.4 Å². The number of nitrogens with one attached hydrogen (secondary N) is 3. The average molecular weight is 660 g/mol. The Morgan fingerprint density at radius 1 is 1.08 bits per heavy atom. The fourth-order valence-electron chi connectivity index (χ4n) is 6.94. The van der Waals surface area contributed by atoms with E-state index in [1.807, 2.05) is 56.8 Å². The van der Waals surface area contributed by atoms with Crippen LogP contribution in [0.1, 0.15) is 70.8 Å². The smallest absolute Gasteiger partial charge is 0.404 e. The number of amides is 2. The van der Waals surface area contributed by atoms with E-state index in [9.17, 15) is 14.7 Å². The topological polar surface area (TPSA) is 152 Å². The van der Waals surface area contributed by atoms with Gasteiger partial charge in [0.2, 0.25) is 0 Å². The molecule has 3 aromatic carbocycles. The summed E-state index contributed by atoms with van der Waals surface area (Å²) < 4.78 is 9.72. The number of aromatic nitrogens is 4. The van der Waals surface area contributed by atoms with Gasteiger partial charge in [0.1, 0.15) is 11.9 Å². The summed E-state index contributed by atoms with van der Waals surface area (Å²) in [6.07, 6.45) is 5.28. The highest BCUT2D eigenvalue weighted by Crippen LogP contribution is 2.38. The number of ether oxygens (including phenoxy) is 1. The Labute approximate surface area is 284 Å². The third-order valence-electron chi connectivity index (χ3n) is 9.36. The summed E-state index contributed by atoms with van der Waals surface area (Å²) in [5, 5.41) is 19.1. The Morgan fingerprint density at radius 3 is 2.65 bits per heavy atom. The number of nitrogens with zero attached hydrogens (tertiary/aromatic N) is 3. The number of fused-ring (bicyclic) bond motifs is 3. The number of para-hydroxylation sites is 1. The first kappa shape index (κ1) is 32.0. The third kappa shape index (κ3) is 6.37. The van der Waals surface area contributed by atoms with Gasteiger partial charge >= 0.3 is 6.09 Å². The number of benzene rings is 3. The van der Waals surface area contributed by atoms with Crippen LogP contribution in [0.15, 0.2) is 79.4 Å². The highest BCUT2D eigenvalue weighted by atomic mass is 16.6. The van der Waals surface area contributed by atoms with Crippen molar-refractivity contribution in [2.24, 2.45) is 18.2 Å². The van der Waals surface area contributed by atoms with Crippen molar-refractivity contribution < 1.29 is 19.4 Å². The number of aryl methyl sites for hydroxylation is 1. The molecule has 252 valence electrons. The van der Waals surface area contributed by atoms with E-state index in [1.54, 1.807) is 24.5 Å². The van der Waals surface area contributed by atoms with Crippen molar-refractivity contribution in [1.82, 2.24) is 29.7 Å². The second kappa shape index (κ2) is 12.5. The number of carbonyl (C=O) groups excluding carboxylic acids is 2. The number of hydrogen-bond donors (Lipinski definition) is 5. The van der Waals surface area contributed by atoms with Crippen LogP contribution in [-0.4, -0.2) is 42.3 Å². The number of H-pyrrole nitrogens is 1. The molecule has 1 aliphatic rings. The summed E-state index contributed by atoms with van der Waals surface area (Å²) in [4.78, 5) is 32.8. The number of aromatic amines is 1. The molecule has 2 amide bonds. The molecule has 0 fully saturated rings. The van der Waals surface area contributed by atoms with E-state index in [2.05, 4.69) is 55.6 Å². The van der Waals surface area contributed by atoms with E-state index in [0.29, 0.717) is 31.6 Å². The molecule has 7 rings (SSSR count). The standard InChI is InChI=1S/C38H41N7O4/c1-38(2,3)33(49-37(39)48)14-23-18-45(20-24-19-44(4)21-41-24)32-13-22(9-11-26(23)32)16-40-17-31-34(28-7-5-6-8-30(28)42-31)35-29-15-25(46)10-12-27(29)36(47)43-35/h5-13,15,18-19,21,33,35,40,42,46H,14,16-17,20H2,1-4H3,(H2,39,48)(H,43,47). The van der Waals surface area contributed by atoms with Gasteiger partial charge in [0, 0.05) is 77.6 Å². The maximum absolute atomic E-state index is 12.9. The van der Waals surface area contributed by atoms with E-state index in [0.717, 1.165) is 55.4 Å². The fourth-order valence-corrected chi connectivity index (χ4v) is 6.94. The summed E-state index contributed by atoms with van der Waals surface area (Å²) in [5.74, 6) is -0.0268. The van der Waals surface area contributed by atoms with Crippen molar-refractivity contribution >= 4 is 33.8 Å². The van der Waals surface area contributed by atoms with Crippen molar-refractivity contribution in [2.45, 2.75) is 59.0 Å². The molecule has 0 saturated carbocycles. The summed E-state index contributed by atoms with van der Waals surface area (Å²) in [5.41, 5.74) is 13.6. The van der Waals surface area contributed by atoms with Crippen molar-refractivity contribution in [3.63, 3.8) is 0 Å². The molecule has 2 unspecified atom stereocenters. The minimum Gasteiger partial charge on any atom is -0.508 e. The molecule has 1 aliphatic heterocycles. The lowest BCUT2D eigenvalue weighted by Gasteiger charge is -2.29. The van der Waals surface area contributed by atoms with Crippen molar-refractivity contribution in [2.75, 3.05) is 0 Å². The summed E-state index contributed by atoms with van der Waals surface area (Å²) in [6.45, 7) is 7.84. The molecule has 2 atom stereocenters. The number of carbonyl (C=O) groups is 2. The number of aromatic hydroxyl groups is 1. The summed E-state index contributed by atoms with van der Waals surface area (Å²) in [6, 6.07) is 19.0. The molecule has 49 heavy (non-hydrogen) atoms. The molecule has 0 saturated heterocycles. The number of rotatable bonds is 10. The van der Waals surface area contributed by atoms with Gasteiger partial charge in [-0.3, -0.25) is 4.79 Å². The lowest BCUT2D eigenvalue weighted by molar-refractivity contribution is 0.0376. The Hall–Kier alpha value is -5.55. The van der Waals surface area contributed by atoms with Crippen LogP contribution in [0.2, 0.25) is 0 Å². The quantitative estimate of drug-likeness (QED) is 0.126. The van der Waals surface area contributed by atoms with Gasteiger partial charge in [-0.1, -0.05) is 51.1 Å². The highest BCUT2D eigenvalue weighted by Gasteiger charge is 2.33. The molecule has 0 spiro atoms. The second-order valence-corrected chi connectivity index (χ2v) is 14.0. The number of hydrogen-bond acceptors (Lipinski definition) is 6. The Morgan fingerprint density at radius 2 is 1.90 bits per heavy atom. The first-order chi connectivity index (χ1) is 23.4. The zero-order chi connectivity index (χ0) is 34.4. The first-order valence-electron chi connectivity index (χ1n) is 16.4. The summed E-state index contributed by atoms with van der Waals surface area (Å²) >= 11 is 0. The summed E-state index contributed by atoms with van der Waals surface area (Å²) in [7, 11) is 1.95. The van der Waals surface area contributed by atoms with E-state index < -0.39 is 12.2 Å². The molecule has 0 bridgehead atoms. The molecule has 11 nitrogen and oxygen atoms in total. The van der Waals surface area contributed by atoms with E-state index in [4.69, 9.17) is 10.5 Å². The van der Waals surface area contributed by atoms with E-state index in [-0.39, 0.29) is 23.1 Å². The average Bonchev–Trinajstić information content (AvgIpc) is 3.80. The van der Waals surface area contributed by atoms with E-state index >= 15 is 0 Å². The molecule has 6 aromatic rings. The molecular weight excluding hydrogens is 618 g/mol. The maximum Gasteiger partial charge on any atom is 0.404 e. The van der Waals surface area contributed by atoms with E-state index in [1.165, 1.54) is 0 Å². The molecule has 6 N–H and O–H groups in total. The van der Waals surface area contributed by atoms with Crippen LogP contribution in [0.3, 0.4) is 0 Å². The lowest BCUT2D eigenvalue weighted by atomic mass is 9.85. The maximum atomic E-state index is 12.9. The third-order valence-corrected chi connectivity index (χ3v) is 9.36. The predicted octanol–water partition coefficient (Wildman–Crippen LogP) is 5.79. The Balaban J connectivity index is 1.18. The Kier molecular flexibility index (Phi) is 8.15. The van der Waals surface area contributed by atoms with Crippen LogP contribution in [0.25, 0.3) is 21.8 Å². The fraction of sp³-hybridized carbons (Fsp3) is 0.289. The molecule has 0 aliphatic carbocycles. The van der Waals surface area contributed by atoms with Gasteiger partial charge in [-0.2, -0.15) is 0 Å². The largest absolute Gasteiger partial charge is 0.508 e. The van der Waals surface area contributed by atoms with Crippen LogP contribution in [-0.2, 0) is 37.8 Å². The van der Waals surface area contributed by atoms with Gasteiger partial charge in [0.05, 0.1) is 24.6 Å². The van der Waals surface area contributed by atoms with Crippen LogP contribution in [0.4, 0.5) is 4.79 Å². The minimum atomic E-state index is -0.777. The molecule has 11 heteroatoms. The SMILES string of the molecule is Cn1cnc(Cn2cc(CC(OC(N)=O)C(C)(C)C)c3ccc(CNCc4[nH]c5ccccc5c4C4NC(=O)c5ccc(O)cc54)cc32)c1. The van der Waals surface area contributed by atoms with Gasteiger partial charge in [0.15, 0.2) is 0 Å². The Bertz CT molecular complexity index is 2200. The molecule has 4 heterocycles. The lowest BCUT2D eigenvalue weighted by Crippen LogP contribution is -2.35. The normalized spacial score (nSPS) is 15.1. The first-order valence-corrected chi connectivity index (χ1v) is 16.4. The highest BCUT2D eigenvalue weighted by molar-refractivity contribution is 6.01. The van der Waals surface area contributed by atoms with Gasteiger partial charge < -0.3 is 40.3 Å². The van der Waals surface area contributed by atoms with Gasteiger partial charge in [-0.05, 0) is 52.4 Å². The zero-order valence-electron chi connectivity index (χ0n) is 28.1. The number of phenols is 1. The van der Waals surface area contributed by atoms with Crippen molar-refractivity contribution in [3.8, 4) is 5.75 Å². The minimum absolute atomic E-state index is 0.125. The molecule has 0 radical (unpaired) electrons. The second-order valence-electron chi connectivity index (χ2n) is 14.0. The molecule has 3 aromatic heterocycles. The van der Waals surface area contributed by atoms with Crippen LogP contribution in [0, 0.1) is 5.41 Å². The van der Waals surface area contributed by atoms with Gasteiger partial charge in [-0.25, -0.2) is 9.78 Å².